The quantitative estimate of drug-likeness (QED) is 0.840. The molecule has 1 fully saturated rings. The second kappa shape index (κ2) is 6.36. The number of aromatic nitrogens is 1. The highest BCUT2D eigenvalue weighted by Gasteiger charge is 2.18. The summed E-state index contributed by atoms with van der Waals surface area (Å²) < 4.78 is 0. The minimum absolute atomic E-state index is 0.0297. The van der Waals surface area contributed by atoms with Crippen LogP contribution in [0.25, 0.3) is 0 Å². The fourth-order valence-electron chi connectivity index (χ4n) is 2.26. The number of carbonyl (C=O) groups excluding carboxylic acids is 2. The molecule has 6 nitrogen and oxygen atoms in total. The van der Waals surface area contributed by atoms with E-state index in [2.05, 4.69) is 10.3 Å². The average molecular weight is 277 g/mol. The smallest absolute Gasteiger partial charge is 0.257 e. The maximum Gasteiger partial charge on any atom is 0.257 e. The van der Waals surface area contributed by atoms with Gasteiger partial charge in [0.05, 0.1) is 6.54 Å². The fraction of sp³-hybridized carbons (Fsp3) is 0.500. The molecule has 0 aliphatic carbocycles. The predicted molar refractivity (Wildman–Crippen MR) is 74.6 cm³/mol. The van der Waals surface area contributed by atoms with Crippen LogP contribution in [0.1, 0.15) is 35.3 Å². The first-order chi connectivity index (χ1) is 9.58. The molecule has 1 saturated heterocycles. The molecule has 0 unspecified atom stereocenters. The first-order valence-corrected chi connectivity index (χ1v) is 6.83. The zero-order valence-electron chi connectivity index (χ0n) is 11.6. The summed E-state index contributed by atoms with van der Waals surface area (Å²) in [7, 11) is 0. The van der Waals surface area contributed by atoms with Crippen molar-refractivity contribution < 1.29 is 9.59 Å². The number of hydrogen-bond donors (Lipinski definition) is 2. The molecule has 20 heavy (non-hydrogen) atoms. The first kappa shape index (κ1) is 14.3. The van der Waals surface area contributed by atoms with Crippen LogP contribution in [0.15, 0.2) is 17.1 Å². The van der Waals surface area contributed by atoms with Crippen molar-refractivity contribution in [2.24, 2.45) is 0 Å². The molecule has 1 aliphatic heterocycles. The van der Waals surface area contributed by atoms with Gasteiger partial charge < -0.3 is 15.2 Å². The maximum absolute atomic E-state index is 11.9. The molecule has 0 atom stereocenters. The number of carbonyl (C=O) groups is 2. The lowest BCUT2D eigenvalue weighted by Crippen LogP contribution is -2.43. The van der Waals surface area contributed by atoms with Gasteiger partial charge in [-0.25, -0.2) is 0 Å². The van der Waals surface area contributed by atoms with E-state index >= 15 is 0 Å². The van der Waals surface area contributed by atoms with Crippen molar-refractivity contribution in [2.45, 2.75) is 26.2 Å². The van der Waals surface area contributed by atoms with Crippen LogP contribution in [0.5, 0.6) is 0 Å². The van der Waals surface area contributed by atoms with Gasteiger partial charge in [0.2, 0.25) is 5.91 Å². The zero-order valence-corrected chi connectivity index (χ0v) is 11.6. The molecule has 1 aromatic rings. The Morgan fingerprint density at radius 3 is 2.65 bits per heavy atom. The van der Waals surface area contributed by atoms with E-state index in [1.165, 1.54) is 12.3 Å². The molecule has 6 heteroatoms. The van der Waals surface area contributed by atoms with Crippen molar-refractivity contribution in [1.29, 1.82) is 0 Å². The highest BCUT2D eigenvalue weighted by molar-refractivity contribution is 5.96. The Bertz CT molecular complexity index is 559. The number of rotatable bonds is 3. The maximum atomic E-state index is 11.9. The second-order valence-corrected chi connectivity index (χ2v) is 5.02. The average Bonchev–Trinajstić information content (AvgIpc) is 2.45. The number of amides is 2. The molecule has 1 aromatic heterocycles. The van der Waals surface area contributed by atoms with E-state index in [1.54, 1.807) is 11.8 Å². The van der Waals surface area contributed by atoms with Crippen LogP contribution in [0.2, 0.25) is 0 Å². The standard InChI is InChI=1S/C14H19N3O3/c1-10-7-12(18)11(8-15-10)14(20)16-9-13(19)17-5-3-2-4-6-17/h7-8H,2-6,9H2,1H3,(H,15,18)(H,16,20). The summed E-state index contributed by atoms with van der Waals surface area (Å²) in [6, 6.07) is 1.36. The SMILES string of the molecule is Cc1cc(=O)c(C(=O)NCC(=O)N2CCCCC2)c[nH]1. The Morgan fingerprint density at radius 1 is 1.30 bits per heavy atom. The molecule has 1 aliphatic rings. The van der Waals surface area contributed by atoms with Gasteiger partial charge >= 0.3 is 0 Å². The summed E-state index contributed by atoms with van der Waals surface area (Å²) in [6.07, 6.45) is 4.54. The largest absolute Gasteiger partial charge is 0.364 e. The fourth-order valence-corrected chi connectivity index (χ4v) is 2.26. The molecule has 0 radical (unpaired) electrons. The van der Waals surface area contributed by atoms with Gasteiger partial charge in [-0.3, -0.25) is 14.4 Å². The third-order valence-electron chi connectivity index (χ3n) is 3.41. The molecule has 2 amide bonds. The molecule has 0 bridgehead atoms. The number of aryl methyl sites for hydroxylation is 1. The van der Waals surface area contributed by atoms with E-state index < -0.39 is 5.91 Å². The van der Waals surface area contributed by atoms with Crippen LogP contribution in [0.3, 0.4) is 0 Å². The highest BCUT2D eigenvalue weighted by atomic mass is 16.2. The Kier molecular flexibility index (Phi) is 4.55. The summed E-state index contributed by atoms with van der Waals surface area (Å²) >= 11 is 0. The van der Waals surface area contributed by atoms with E-state index in [0.29, 0.717) is 5.69 Å². The van der Waals surface area contributed by atoms with E-state index in [-0.39, 0.29) is 23.4 Å². The number of H-pyrrole nitrogens is 1. The van der Waals surface area contributed by atoms with Crippen LogP contribution in [0.4, 0.5) is 0 Å². The Hall–Kier alpha value is -2.11. The van der Waals surface area contributed by atoms with Crippen molar-refractivity contribution in [1.82, 2.24) is 15.2 Å². The van der Waals surface area contributed by atoms with Crippen LogP contribution in [-0.2, 0) is 4.79 Å². The zero-order chi connectivity index (χ0) is 14.5. The minimum atomic E-state index is -0.517. The summed E-state index contributed by atoms with van der Waals surface area (Å²) in [4.78, 5) is 40.0. The van der Waals surface area contributed by atoms with Crippen molar-refractivity contribution in [3.05, 3.63) is 33.7 Å². The molecule has 2 heterocycles. The highest BCUT2D eigenvalue weighted by Crippen LogP contribution is 2.08. The second-order valence-electron chi connectivity index (χ2n) is 5.02. The number of likely N-dealkylation sites (tertiary alicyclic amines) is 1. The monoisotopic (exact) mass is 277 g/mol. The summed E-state index contributed by atoms with van der Waals surface area (Å²) in [6.45, 7) is 3.18. The topological polar surface area (TPSA) is 82.3 Å². The van der Waals surface area contributed by atoms with E-state index in [1.807, 2.05) is 0 Å². The van der Waals surface area contributed by atoms with Gasteiger partial charge in [0.25, 0.3) is 5.91 Å². The summed E-state index contributed by atoms with van der Waals surface area (Å²) in [5.74, 6) is -0.613. The van der Waals surface area contributed by atoms with Gasteiger partial charge in [-0.1, -0.05) is 0 Å². The normalized spacial score (nSPS) is 14.9. The van der Waals surface area contributed by atoms with Gasteiger partial charge in [0, 0.05) is 31.0 Å². The lowest BCUT2D eigenvalue weighted by molar-refractivity contribution is -0.130. The van der Waals surface area contributed by atoms with Crippen LogP contribution >= 0.6 is 0 Å². The lowest BCUT2D eigenvalue weighted by atomic mass is 10.1. The third kappa shape index (κ3) is 3.46. The van der Waals surface area contributed by atoms with E-state index in [0.717, 1.165) is 32.4 Å². The number of hydrogen-bond acceptors (Lipinski definition) is 3. The van der Waals surface area contributed by atoms with Gasteiger partial charge in [-0.15, -0.1) is 0 Å². The van der Waals surface area contributed by atoms with E-state index in [9.17, 15) is 14.4 Å². The van der Waals surface area contributed by atoms with E-state index in [4.69, 9.17) is 0 Å². The number of nitrogens with one attached hydrogen (secondary N) is 2. The van der Waals surface area contributed by atoms with Crippen molar-refractivity contribution in [3.8, 4) is 0 Å². The van der Waals surface area contributed by atoms with Crippen molar-refractivity contribution in [3.63, 3.8) is 0 Å². The molecule has 2 N–H and O–H groups in total. The van der Waals surface area contributed by atoms with Crippen LogP contribution < -0.4 is 10.7 Å². The summed E-state index contributed by atoms with van der Waals surface area (Å²) in [5.41, 5.74) is 0.377. The van der Waals surface area contributed by atoms with Crippen LogP contribution in [-0.4, -0.2) is 41.3 Å². The van der Waals surface area contributed by atoms with Gasteiger partial charge in [-0.2, -0.15) is 0 Å². The Labute approximate surface area is 117 Å². The van der Waals surface area contributed by atoms with Gasteiger partial charge in [-0.05, 0) is 26.2 Å². The Balaban J connectivity index is 1.91. The Morgan fingerprint density at radius 2 is 2.00 bits per heavy atom. The third-order valence-corrected chi connectivity index (χ3v) is 3.41. The summed E-state index contributed by atoms with van der Waals surface area (Å²) in [5, 5.41) is 2.51. The number of pyridine rings is 1. The van der Waals surface area contributed by atoms with Crippen LogP contribution in [0, 0.1) is 6.92 Å². The molecular formula is C14H19N3O3. The van der Waals surface area contributed by atoms with Gasteiger partial charge in [0.1, 0.15) is 5.56 Å². The molecular weight excluding hydrogens is 258 g/mol. The van der Waals surface area contributed by atoms with Gasteiger partial charge in [0.15, 0.2) is 5.43 Å². The minimum Gasteiger partial charge on any atom is -0.364 e. The molecule has 2 rings (SSSR count). The molecule has 0 spiro atoms. The lowest BCUT2D eigenvalue weighted by Gasteiger charge is -2.26. The molecule has 108 valence electrons. The van der Waals surface area contributed by atoms with Crippen molar-refractivity contribution >= 4 is 11.8 Å². The number of piperidine rings is 1. The molecule has 0 aromatic carbocycles. The number of aromatic amines is 1. The van der Waals surface area contributed by atoms with Crippen molar-refractivity contribution in [2.75, 3.05) is 19.6 Å². The molecule has 0 saturated carbocycles. The number of nitrogens with zero attached hydrogens (tertiary/aromatic N) is 1. The first-order valence-electron chi connectivity index (χ1n) is 6.83. The predicted octanol–water partition coefficient (Wildman–Crippen LogP) is 0.426.